The summed E-state index contributed by atoms with van der Waals surface area (Å²) < 4.78 is 48.5. The maximum Gasteiger partial charge on any atom is 0.416 e. The zero-order valence-corrected chi connectivity index (χ0v) is 11.8. The molecule has 1 saturated heterocycles. The fourth-order valence-electron chi connectivity index (χ4n) is 1.80. The average molecular weight is 310 g/mol. The van der Waals surface area contributed by atoms with Gasteiger partial charge in [-0.05, 0) is 32.0 Å². The molecule has 0 bridgehead atoms. The highest BCUT2D eigenvalue weighted by atomic mass is 35.5. The van der Waals surface area contributed by atoms with Crippen molar-refractivity contribution in [2.75, 3.05) is 18.5 Å². The third-order valence-corrected chi connectivity index (χ3v) is 3.23. The Kier molecular flexibility index (Phi) is 4.18. The summed E-state index contributed by atoms with van der Waals surface area (Å²) >= 11 is 5.87. The number of alkyl halides is 3. The van der Waals surface area contributed by atoms with Crippen molar-refractivity contribution < 1.29 is 22.6 Å². The third-order valence-electron chi connectivity index (χ3n) is 2.92. The van der Waals surface area contributed by atoms with E-state index in [0.29, 0.717) is 18.9 Å². The number of rotatable bonds is 2. The van der Waals surface area contributed by atoms with Gasteiger partial charge in [-0.15, -0.1) is 0 Å². The second-order valence-electron chi connectivity index (χ2n) is 5.06. The first-order chi connectivity index (χ1) is 9.17. The van der Waals surface area contributed by atoms with Crippen LogP contribution in [0, 0.1) is 0 Å². The molecule has 1 aromatic rings. The highest BCUT2D eigenvalue weighted by Gasteiger charge is 2.32. The second kappa shape index (κ2) is 5.42. The van der Waals surface area contributed by atoms with Crippen LogP contribution in [-0.2, 0) is 15.7 Å². The molecular weight excluding hydrogens is 295 g/mol. The standard InChI is InChI=1S/C13H15ClF3NO2/c1-12(2)19-6-9(7-20-12)18-11-4-3-8(5-10(11)14)13(15,16)17/h3-5,9,18H,6-7H2,1-2H3. The zero-order chi connectivity index (χ0) is 15.0. The Balaban J connectivity index is 2.04. The van der Waals surface area contributed by atoms with Crippen LogP contribution in [0.15, 0.2) is 18.2 Å². The Morgan fingerprint density at radius 2 is 1.85 bits per heavy atom. The van der Waals surface area contributed by atoms with Gasteiger partial charge in [0.2, 0.25) is 0 Å². The Morgan fingerprint density at radius 3 is 2.35 bits per heavy atom. The minimum absolute atomic E-state index is 0.0182. The summed E-state index contributed by atoms with van der Waals surface area (Å²) in [6, 6.07) is 3.05. The Bertz CT molecular complexity index is 481. The molecule has 0 unspecified atom stereocenters. The molecule has 1 N–H and O–H groups in total. The van der Waals surface area contributed by atoms with Crippen LogP contribution in [0.25, 0.3) is 0 Å². The van der Waals surface area contributed by atoms with Crippen LogP contribution in [-0.4, -0.2) is 25.0 Å². The Hall–Kier alpha value is -0.980. The fourth-order valence-corrected chi connectivity index (χ4v) is 2.04. The van der Waals surface area contributed by atoms with E-state index in [1.807, 2.05) is 0 Å². The summed E-state index contributed by atoms with van der Waals surface area (Å²) in [7, 11) is 0. The van der Waals surface area contributed by atoms with E-state index in [0.717, 1.165) is 12.1 Å². The van der Waals surface area contributed by atoms with Crippen molar-refractivity contribution in [1.29, 1.82) is 0 Å². The lowest BCUT2D eigenvalue weighted by Gasteiger charge is -2.35. The van der Waals surface area contributed by atoms with E-state index in [9.17, 15) is 13.2 Å². The first kappa shape index (κ1) is 15.4. The average Bonchev–Trinajstić information content (AvgIpc) is 2.33. The normalized spacial score (nSPS) is 19.9. The molecular formula is C13H15ClF3NO2. The quantitative estimate of drug-likeness (QED) is 0.898. The predicted octanol–water partition coefficient (Wildman–Crippen LogP) is 3.92. The molecule has 0 radical (unpaired) electrons. The summed E-state index contributed by atoms with van der Waals surface area (Å²) in [5.41, 5.74) is -0.345. The van der Waals surface area contributed by atoms with E-state index in [2.05, 4.69) is 5.32 Å². The predicted molar refractivity (Wildman–Crippen MR) is 69.8 cm³/mol. The smallest absolute Gasteiger partial charge is 0.376 e. The molecule has 1 heterocycles. The number of halogens is 4. The molecule has 0 aliphatic carbocycles. The van der Waals surface area contributed by atoms with Gasteiger partial charge < -0.3 is 14.8 Å². The summed E-state index contributed by atoms with van der Waals surface area (Å²) in [4.78, 5) is 0. The number of hydrogen-bond acceptors (Lipinski definition) is 3. The van der Waals surface area contributed by atoms with E-state index in [1.165, 1.54) is 6.07 Å². The fraction of sp³-hybridized carbons (Fsp3) is 0.538. The van der Waals surface area contributed by atoms with Gasteiger partial charge in [-0.25, -0.2) is 0 Å². The Morgan fingerprint density at radius 1 is 1.25 bits per heavy atom. The second-order valence-corrected chi connectivity index (χ2v) is 5.46. The van der Waals surface area contributed by atoms with Crippen molar-refractivity contribution >= 4 is 17.3 Å². The number of benzene rings is 1. The van der Waals surface area contributed by atoms with Gasteiger partial charge in [0.25, 0.3) is 0 Å². The van der Waals surface area contributed by atoms with Gasteiger partial charge in [-0.2, -0.15) is 13.2 Å². The molecule has 3 nitrogen and oxygen atoms in total. The minimum Gasteiger partial charge on any atom is -0.376 e. The molecule has 112 valence electrons. The number of hydrogen-bond donors (Lipinski definition) is 1. The molecule has 0 aromatic heterocycles. The maximum atomic E-state index is 12.5. The molecule has 0 atom stereocenters. The molecule has 0 spiro atoms. The largest absolute Gasteiger partial charge is 0.416 e. The molecule has 0 saturated carbocycles. The molecule has 2 rings (SSSR count). The van der Waals surface area contributed by atoms with Crippen LogP contribution in [0.2, 0.25) is 5.02 Å². The summed E-state index contributed by atoms with van der Waals surface area (Å²) in [6.45, 7) is 4.39. The first-order valence-corrected chi connectivity index (χ1v) is 6.46. The molecule has 1 aromatic carbocycles. The SMILES string of the molecule is CC1(C)OCC(Nc2ccc(C(F)(F)F)cc2Cl)CO1. The van der Waals surface area contributed by atoms with Gasteiger partial charge in [-0.1, -0.05) is 11.6 Å². The van der Waals surface area contributed by atoms with Crippen molar-refractivity contribution in [3.63, 3.8) is 0 Å². The van der Waals surface area contributed by atoms with Crippen LogP contribution in [0.4, 0.5) is 18.9 Å². The van der Waals surface area contributed by atoms with Gasteiger partial charge in [0, 0.05) is 0 Å². The lowest BCUT2D eigenvalue weighted by atomic mass is 10.2. The lowest BCUT2D eigenvalue weighted by Crippen LogP contribution is -2.45. The van der Waals surface area contributed by atoms with Gasteiger partial charge in [0.1, 0.15) is 0 Å². The van der Waals surface area contributed by atoms with Gasteiger partial charge in [0.05, 0.1) is 35.5 Å². The van der Waals surface area contributed by atoms with Crippen molar-refractivity contribution in [2.24, 2.45) is 0 Å². The van der Waals surface area contributed by atoms with Gasteiger partial charge >= 0.3 is 6.18 Å². The van der Waals surface area contributed by atoms with E-state index in [4.69, 9.17) is 21.1 Å². The summed E-state index contributed by atoms with van der Waals surface area (Å²) in [5, 5.41) is 3.03. The number of nitrogens with one attached hydrogen (secondary N) is 1. The molecule has 20 heavy (non-hydrogen) atoms. The summed E-state index contributed by atoms with van der Waals surface area (Å²) in [5.74, 6) is -0.637. The molecule has 1 aliphatic rings. The van der Waals surface area contributed by atoms with E-state index < -0.39 is 17.5 Å². The first-order valence-electron chi connectivity index (χ1n) is 6.08. The monoisotopic (exact) mass is 309 g/mol. The molecule has 1 fully saturated rings. The van der Waals surface area contributed by atoms with Gasteiger partial charge in [-0.3, -0.25) is 0 Å². The third kappa shape index (κ3) is 3.77. The highest BCUT2D eigenvalue weighted by Crippen LogP contribution is 2.34. The lowest BCUT2D eigenvalue weighted by molar-refractivity contribution is -0.247. The highest BCUT2D eigenvalue weighted by molar-refractivity contribution is 6.33. The van der Waals surface area contributed by atoms with Crippen LogP contribution < -0.4 is 5.32 Å². The van der Waals surface area contributed by atoms with Crippen molar-refractivity contribution in [3.05, 3.63) is 28.8 Å². The molecule has 0 amide bonds. The number of anilines is 1. The maximum absolute atomic E-state index is 12.5. The van der Waals surface area contributed by atoms with Crippen molar-refractivity contribution in [2.45, 2.75) is 31.9 Å². The van der Waals surface area contributed by atoms with E-state index in [1.54, 1.807) is 13.8 Å². The topological polar surface area (TPSA) is 30.5 Å². The van der Waals surface area contributed by atoms with E-state index in [-0.39, 0.29) is 11.1 Å². The van der Waals surface area contributed by atoms with Crippen LogP contribution in [0.1, 0.15) is 19.4 Å². The van der Waals surface area contributed by atoms with Gasteiger partial charge in [0.15, 0.2) is 5.79 Å². The minimum atomic E-state index is -4.40. The van der Waals surface area contributed by atoms with Crippen LogP contribution in [0.5, 0.6) is 0 Å². The summed E-state index contributed by atoms with van der Waals surface area (Å²) in [6.07, 6.45) is -4.40. The zero-order valence-electron chi connectivity index (χ0n) is 11.1. The van der Waals surface area contributed by atoms with Crippen LogP contribution in [0.3, 0.4) is 0 Å². The van der Waals surface area contributed by atoms with E-state index >= 15 is 0 Å². The molecule has 1 aliphatic heterocycles. The Labute approximate surface area is 120 Å². The van der Waals surface area contributed by atoms with Crippen molar-refractivity contribution in [3.8, 4) is 0 Å². The van der Waals surface area contributed by atoms with Crippen molar-refractivity contribution in [1.82, 2.24) is 0 Å². The van der Waals surface area contributed by atoms with Crippen LogP contribution >= 0.6 is 11.6 Å². The number of ether oxygens (including phenoxy) is 2. The molecule has 7 heteroatoms.